The number of piperidine rings is 3. The Bertz CT molecular complexity index is 1600. The van der Waals surface area contributed by atoms with E-state index >= 15 is 0 Å². The highest BCUT2D eigenvalue weighted by molar-refractivity contribution is 6.07. The highest BCUT2D eigenvalue weighted by atomic mass is 16.5. The molecule has 41 heavy (non-hydrogen) atoms. The fourth-order valence-corrected chi connectivity index (χ4v) is 6.75. The van der Waals surface area contributed by atoms with Crippen molar-refractivity contribution in [2.45, 2.75) is 32.0 Å². The molecule has 1 atom stereocenters. The number of para-hydroxylation sites is 1. The van der Waals surface area contributed by atoms with E-state index in [1.807, 2.05) is 89.8 Å². The number of carbonyl (C=O) groups is 2. The first-order valence-corrected chi connectivity index (χ1v) is 14.4. The number of hydrogen-bond acceptors (Lipinski definition) is 4. The maximum absolute atomic E-state index is 14.1. The Kier molecular flexibility index (Phi) is 6.59. The van der Waals surface area contributed by atoms with E-state index in [0.717, 1.165) is 60.5 Å². The van der Waals surface area contributed by atoms with Crippen LogP contribution in [0.3, 0.4) is 0 Å². The van der Waals surface area contributed by atoms with Gasteiger partial charge in [0, 0.05) is 35.1 Å². The minimum absolute atomic E-state index is 0.0338. The van der Waals surface area contributed by atoms with E-state index < -0.39 is 0 Å². The van der Waals surface area contributed by atoms with Gasteiger partial charge in [-0.05, 0) is 79.4 Å². The zero-order valence-electron chi connectivity index (χ0n) is 23.3. The van der Waals surface area contributed by atoms with Gasteiger partial charge in [-0.2, -0.15) is 0 Å². The molecule has 1 aromatic heterocycles. The van der Waals surface area contributed by atoms with Gasteiger partial charge < -0.3 is 24.4 Å². The number of rotatable bonds is 5. The topological polar surface area (TPSA) is 66.8 Å². The second kappa shape index (κ2) is 10.6. The van der Waals surface area contributed by atoms with Gasteiger partial charge in [0.1, 0.15) is 11.4 Å². The van der Waals surface area contributed by atoms with Gasteiger partial charge in [0.15, 0.2) is 0 Å². The molecular formula is C34H34N4O3. The molecule has 0 saturated carbocycles. The Balaban J connectivity index is 1.19. The minimum atomic E-state index is -0.108. The van der Waals surface area contributed by atoms with Crippen molar-refractivity contribution in [1.29, 1.82) is 0 Å². The number of amides is 2. The SMILES string of the molecule is COc1cc(C(=O)N2Cc3ccc(C(=O)N[C@H]4CN5CCC4CC5)n3Cc3ccccc32)ccc1-c1ccccc1. The lowest BCUT2D eigenvalue weighted by atomic mass is 9.84. The summed E-state index contributed by atoms with van der Waals surface area (Å²) < 4.78 is 7.79. The van der Waals surface area contributed by atoms with Crippen molar-refractivity contribution >= 4 is 17.5 Å². The van der Waals surface area contributed by atoms with Gasteiger partial charge in [0.05, 0.1) is 20.2 Å². The average molecular weight is 547 g/mol. The monoisotopic (exact) mass is 546 g/mol. The van der Waals surface area contributed by atoms with Gasteiger partial charge in [-0.1, -0.05) is 48.5 Å². The first kappa shape index (κ1) is 25.6. The van der Waals surface area contributed by atoms with Gasteiger partial charge in [-0.25, -0.2) is 0 Å². The lowest BCUT2D eigenvalue weighted by Gasteiger charge is -2.44. The van der Waals surface area contributed by atoms with Gasteiger partial charge in [-0.15, -0.1) is 0 Å². The van der Waals surface area contributed by atoms with E-state index in [2.05, 4.69) is 14.8 Å². The second-order valence-corrected chi connectivity index (χ2v) is 11.3. The summed E-state index contributed by atoms with van der Waals surface area (Å²) >= 11 is 0. The van der Waals surface area contributed by atoms with Crippen molar-refractivity contribution < 1.29 is 14.3 Å². The molecule has 4 aliphatic heterocycles. The number of benzene rings is 3. The molecular weight excluding hydrogens is 512 g/mol. The lowest BCUT2D eigenvalue weighted by Crippen LogP contribution is -2.57. The van der Waals surface area contributed by atoms with Crippen molar-refractivity contribution in [1.82, 2.24) is 14.8 Å². The molecule has 8 rings (SSSR count). The predicted octanol–water partition coefficient (Wildman–Crippen LogP) is 5.20. The van der Waals surface area contributed by atoms with E-state index in [0.29, 0.717) is 36.0 Å². The third-order valence-corrected chi connectivity index (χ3v) is 8.99. The van der Waals surface area contributed by atoms with Crippen LogP contribution in [0.1, 0.15) is 44.9 Å². The normalized spacial score (nSPS) is 21.0. The number of nitrogens with one attached hydrogen (secondary N) is 1. The van der Waals surface area contributed by atoms with Gasteiger partial charge in [0.2, 0.25) is 0 Å². The van der Waals surface area contributed by atoms with E-state index in [4.69, 9.17) is 4.74 Å². The van der Waals surface area contributed by atoms with Crippen LogP contribution in [0.25, 0.3) is 11.1 Å². The lowest BCUT2D eigenvalue weighted by molar-refractivity contribution is 0.0615. The number of nitrogens with zero attached hydrogens (tertiary/aromatic N) is 3. The third kappa shape index (κ3) is 4.70. The Morgan fingerprint density at radius 1 is 0.878 bits per heavy atom. The quantitative estimate of drug-likeness (QED) is 0.374. The number of fused-ring (bicyclic) bond motifs is 5. The van der Waals surface area contributed by atoms with Crippen molar-refractivity contribution in [3.63, 3.8) is 0 Å². The zero-order chi connectivity index (χ0) is 27.9. The molecule has 3 aromatic carbocycles. The van der Waals surface area contributed by atoms with Crippen LogP contribution in [0.4, 0.5) is 5.69 Å². The third-order valence-electron chi connectivity index (χ3n) is 8.99. The number of aromatic nitrogens is 1. The maximum atomic E-state index is 14.1. The molecule has 3 saturated heterocycles. The predicted molar refractivity (Wildman–Crippen MR) is 159 cm³/mol. The van der Waals surface area contributed by atoms with Crippen LogP contribution in [0.5, 0.6) is 5.75 Å². The summed E-state index contributed by atoms with van der Waals surface area (Å²) in [4.78, 5) is 31.9. The van der Waals surface area contributed by atoms with Crippen molar-refractivity contribution in [2.24, 2.45) is 5.92 Å². The number of anilines is 1. The molecule has 208 valence electrons. The molecule has 2 bridgehead atoms. The molecule has 5 heterocycles. The maximum Gasteiger partial charge on any atom is 0.268 e. The van der Waals surface area contributed by atoms with E-state index in [1.54, 1.807) is 7.11 Å². The van der Waals surface area contributed by atoms with Crippen LogP contribution in [0, 0.1) is 5.92 Å². The summed E-state index contributed by atoms with van der Waals surface area (Å²) in [5.74, 6) is 1.07. The van der Waals surface area contributed by atoms with Crippen molar-refractivity contribution in [3.05, 3.63) is 107 Å². The Hall–Kier alpha value is -4.36. The molecule has 0 unspecified atom stereocenters. The Morgan fingerprint density at radius 2 is 1.66 bits per heavy atom. The standard InChI is InChI=1S/C34H34N4O3/c1-41-32-19-25(11-13-28(32)23-7-3-2-4-8-23)34(40)38-21-27-12-14-31(37(27)20-26-9-5-6-10-30(26)38)33(39)35-29-22-36-17-15-24(29)16-18-36/h2-14,19,24,29H,15-18,20-22H2,1H3,(H,35,39)/t29-/m0/s1. The summed E-state index contributed by atoms with van der Waals surface area (Å²) in [5.41, 5.74) is 5.96. The van der Waals surface area contributed by atoms with E-state index in [9.17, 15) is 9.59 Å². The first-order valence-electron chi connectivity index (χ1n) is 14.4. The molecule has 4 aliphatic rings. The van der Waals surface area contributed by atoms with Gasteiger partial charge in [-0.3, -0.25) is 9.59 Å². The molecule has 1 N–H and O–H groups in total. The van der Waals surface area contributed by atoms with E-state index in [-0.39, 0.29) is 17.9 Å². The molecule has 0 radical (unpaired) electrons. The minimum Gasteiger partial charge on any atom is -0.496 e. The summed E-state index contributed by atoms with van der Waals surface area (Å²) in [6.07, 6.45) is 2.30. The summed E-state index contributed by atoms with van der Waals surface area (Å²) in [6.45, 7) is 4.10. The first-order chi connectivity index (χ1) is 20.1. The van der Waals surface area contributed by atoms with Crippen LogP contribution in [-0.4, -0.2) is 54.1 Å². The average Bonchev–Trinajstić information content (AvgIpc) is 3.34. The van der Waals surface area contributed by atoms with Crippen LogP contribution >= 0.6 is 0 Å². The van der Waals surface area contributed by atoms with Gasteiger partial charge >= 0.3 is 0 Å². The summed E-state index contributed by atoms with van der Waals surface area (Å²) in [6, 6.07) is 27.7. The summed E-state index contributed by atoms with van der Waals surface area (Å²) in [5, 5.41) is 3.34. The number of methoxy groups -OCH3 is 1. The fourth-order valence-electron chi connectivity index (χ4n) is 6.75. The second-order valence-electron chi connectivity index (χ2n) is 11.3. The molecule has 0 aliphatic carbocycles. The molecule has 7 nitrogen and oxygen atoms in total. The fraction of sp³-hybridized carbons (Fsp3) is 0.294. The van der Waals surface area contributed by atoms with Crippen LogP contribution in [0.15, 0.2) is 84.9 Å². The largest absolute Gasteiger partial charge is 0.496 e. The van der Waals surface area contributed by atoms with Crippen molar-refractivity contribution in [2.75, 3.05) is 31.6 Å². The molecule has 4 aromatic rings. The zero-order valence-corrected chi connectivity index (χ0v) is 23.3. The highest BCUT2D eigenvalue weighted by Gasteiger charge is 2.36. The van der Waals surface area contributed by atoms with Crippen molar-refractivity contribution in [3.8, 4) is 16.9 Å². The van der Waals surface area contributed by atoms with Crippen LogP contribution < -0.4 is 15.0 Å². The molecule has 3 fully saturated rings. The smallest absolute Gasteiger partial charge is 0.268 e. The number of carbonyl (C=O) groups excluding carboxylic acids is 2. The molecule has 7 heteroatoms. The van der Waals surface area contributed by atoms with E-state index in [1.165, 1.54) is 0 Å². The highest BCUT2D eigenvalue weighted by Crippen LogP contribution is 2.34. The Labute approximate surface area is 240 Å². The number of hydrogen-bond donors (Lipinski definition) is 1. The summed E-state index contributed by atoms with van der Waals surface area (Å²) in [7, 11) is 1.63. The Morgan fingerprint density at radius 3 is 2.41 bits per heavy atom. The van der Waals surface area contributed by atoms with Gasteiger partial charge in [0.25, 0.3) is 11.8 Å². The number of ether oxygens (including phenoxy) is 1. The van der Waals surface area contributed by atoms with Crippen LogP contribution in [0.2, 0.25) is 0 Å². The molecule has 0 spiro atoms. The van der Waals surface area contributed by atoms with Crippen LogP contribution in [-0.2, 0) is 13.1 Å². The molecule has 2 amide bonds.